The maximum Gasteiger partial charge on any atom is 0.230 e. The van der Waals surface area contributed by atoms with Crippen molar-refractivity contribution < 1.29 is 9.47 Å². The molecule has 3 heterocycles. The number of nitrogens with one attached hydrogen (secondary N) is 4. The molecule has 0 radical (unpaired) electrons. The maximum absolute atomic E-state index is 5.42. The summed E-state index contributed by atoms with van der Waals surface area (Å²) in [4.78, 5) is 9.19. The number of rotatable bonds is 6. The van der Waals surface area contributed by atoms with Crippen molar-refractivity contribution in [3.05, 3.63) is 35.7 Å². The van der Waals surface area contributed by atoms with Gasteiger partial charge in [-0.2, -0.15) is 15.2 Å². The number of anilines is 4. The number of hydrogen-bond acceptors (Lipinski definition) is 8. The molecular formula is C18H20N8O2. The molecule has 1 aromatic carbocycles. The summed E-state index contributed by atoms with van der Waals surface area (Å²) in [6.07, 6.45) is 0. The lowest BCUT2D eigenvalue weighted by Gasteiger charge is -2.13. The summed E-state index contributed by atoms with van der Waals surface area (Å²) in [5, 5.41) is 21.3. The van der Waals surface area contributed by atoms with E-state index in [1.165, 1.54) is 0 Å². The minimum atomic E-state index is 0.390. The van der Waals surface area contributed by atoms with E-state index in [9.17, 15) is 0 Å². The average Bonchev–Trinajstić information content (AvgIpc) is 3.28. The van der Waals surface area contributed by atoms with E-state index in [0.29, 0.717) is 40.4 Å². The Morgan fingerprint density at radius 2 is 1.39 bits per heavy atom. The van der Waals surface area contributed by atoms with Gasteiger partial charge in [0.25, 0.3) is 0 Å². The highest BCUT2D eigenvalue weighted by molar-refractivity contribution is 5.94. The van der Waals surface area contributed by atoms with Gasteiger partial charge in [-0.05, 0) is 19.9 Å². The average molecular weight is 380 g/mol. The number of H-pyrrole nitrogens is 2. The molecule has 0 aliphatic carbocycles. The van der Waals surface area contributed by atoms with Crippen molar-refractivity contribution in [3.8, 4) is 11.5 Å². The van der Waals surface area contributed by atoms with Crippen LogP contribution in [0.4, 0.5) is 23.4 Å². The van der Waals surface area contributed by atoms with Gasteiger partial charge in [-0.15, -0.1) is 0 Å². The van der Waals surface area contributed by atoms with E-state index >= 15 is 0 Å². The molecule has 0 amide bonds. The van der Waals surface area contributed by atoms with Crippen LogP contribution in [0.1, 0.15) is 11.4 Å². The number of aryl methyl sites for hydroxylation is 2. The van der Waals surface area contributed by atoms with E-state index in [2.05, 4.69) is 41.0 Å². The van der Waals surface area contributed by atoms with Crippen molar-refractivity contribution in [3.63, 3.8) is 0 Å². The quantitative estimate of drug-likeness (QED) is 0.402. The molecule has 0 unspecified atom stereocenters. The largest absolute Gasteiger partial charge is 0.493 e. The predicted molar refractivity (Wildman–Crippen MR) is 106 cm³/mol. The molecule has 10 heteroatoms. The van der Waals surface area contributed by atoms with Crippen LogP contribution in [0.25, 0.3) is 10.9 Å². The molecular weight excluding hydrogens is 360 g/mol. The fourth-order valence-corrected chi connectivity index (χ4v) is 2.81. The zero-order valence-electron chi connectivity index (χ0n) is 15.9. The molecule has 0 fully saturated rings. The van der Waals surface area contributed by atoms with E-state index in [4.69, 9.17) is 9.47 Å². The molecule has 144 valence electrons. The lowest BCUT2D eigenvalue weighted by molar-refractivity contribution is 0.356. The standard InChI is InChI=1S/C18H20N8O2/c1-9-5-15(25-23-9)20-17-11-7-13(27-3)14(28-4)8-12(11)19-18(22-17)21-16-6-10(2)24-26-16/h5-8H,1-4H3,(H4,19,20,21,22,23,24,25,26). The van der Waals surface area contributed by atoms with Gasteiger partial charge >= 0.3 is 0 Å². The Morgan fingerprint density at radius 1 is 0.786 bits per heavy atom. The van der Waals surface area contributed by atoms with Crippen LogP contribution >= 0.6 is 0 Å². The Labute approximate surface area is 160 Å². The van der Waals surface area contributed by atoms with E-state index in [-0.39, 0.29) is 0 Å². The summed E-state index contributed by atoms with van der Waals surface area (Å²) in [5.74, 6) is 3.40. The number of hydrogen-bond donors (Lipinski definition) is 4. The van der Waals surface area contributed by atoms with Gasteiger partial charge in [-0.1, -0.05) is 0 Å². The Balaban J connectivity index is 1.83. The van der Waals surface area contributed by atoms with E-state index < -0.39 is 0 Å². The fourth-order valence-electron chi connectivity index (χ4n) is 2.81. The van der Waals surface area contributed by atoms with Gasteiger partial charge in [0.1, 0.15) is 5.82 Å². The van der Waals surface area contributed by atoms with Gasteiger partial charge in [0.2, 0.25) is 5.95 Å². The molecule has 4 N–H and O–H groups in total. The van der Waals surface area contributed by atoms with Crippen molar-refractivity contribution in [2.75, 3.05) is 24.9 Å². The van der Waals surface area contributed by atoms with Gasteiger partial charge < -0.3 is 20.1 Å². The summed E-state index contributed by atoms with van der Waals surface area (Å²) >= 11 is 0. The Bertz CT molecular complexity index is 1130. The smallest absolute Gasteiger partial charge is 0.230 e. The lowest BCUT2D eigenvalue weighted by atomic mass is 10.2. The molecule has 0 bridgehead atoms. The van der Waals surface area contributed by atoms with Crippen LogP contribution in [0.15, 0.2) is 24.3 Å². The van der Waals surface area contributed by atoms with Gasteiger partial charge in [0.15, 0.2) is 23.1 Å². The Morgan fingerprint density at radius 3 is 1.96 bits per heavy atom. The molecule has 10 nitrogen and oxygen atoms in total. The number of aromatic nitrogens is 6. The highest BCUT2D eigenvalue weighted by atomic mass is 16.5. The van der Waals surface area contributed by atoms with E-state index in [1.807, 2.05) is 32.0 Å². The molecule has 0 spiro atoms. The second kappa shape index (κ2) is 7.06. The number of benzene rings is 1. The van der Waals surface area contributed by atoms with Gasteiger partial charge in [-0.25, -0.2) is 4.98 Å². The first kappa shape index (κ1) is 17.6. The van der Waals surface area contributed by atoms with Crippen molar-refractivity contribution in [1.29, 1.82) is 0 Å². The van der Waals surface area contributed by atoms with Gasteiger partial charge in [-0.3, -0.25) is 10.2 Å². The zero-order valence-corrected chi connectivity index (χ0v) is 15.9. The second-order valence-electron chi connectivity index (χ2n) is 6.24. The SMILES string of the molecule is COc1cc2nc(Nc3cc(C)[nH]n3)nc(Nc3cc(C)[nH]n3)c2cc1OC. The molecule has 0 saturated carbocycles. The van der Waals surface area contributed by atoms with Crippen LogP contribution in [0.3, 0.4) is 0 Å². The summed E-state index contributed by atoms with van der Waals surface area (Å²) in [6, 6.07) is 7.39. The third kappa shape index (κ3) is 3.39. The molecule has 0 aliphatic heterocycles. The van der Waals surface area contributed by atoms with Crippen molar-refractivity contribution in [2.45, 2.75) is 13.8 Å². The molecule has 4 aromatic rings. The van der Waals surface area contributed by atoms with Crippen LogP contribution in [-0.4, -0.2) is 44.6 Å². The minimum absolute atomic E-state index is 0.390. The summed E-state index contributed by atoms with van der Waals surface area (Å²) in [7, 11) is 3.17. The summed E-state index contributed by atoms with van der Waals surface area (Å²) in [6.45, 7) is 3.85. The second-order valence-corrected chi connectivity index (χ2v) is 6.24. The molecule has 28 heavy (non-hydrogen) atoms. The number of nitrogens with zero attached hydrogens (tertiary/aromatic N) is 4. The van der Waals surface area contributed by atoms with E-state index in [1.54, 1.807) is 20.3 Å². The number of aromatic amines is 2. The lowest BCUT2D eigenvalue weighted by Crippen LogP contribution is -2.03. The highest BCUT2D eigenvalue weighted by Crippen LogP contribution is 2.35. The van der Waals surface area contributed by atoms with Crippen LogP contribution in [-0.2, 0) is 0 Å². The number of fused-ring (bicyclic) bond motifs is 1. The maximum atomic E-state index is 5.42. The van der Waals surface area contributed by atoms with Crippen molar-refractivity contribution in [1.82, 2.24) is 30.4 Å². The highest BCUT2D eigenvalue weighted by Gasteiger charge is 2.15. The monoisotopic (exact) mass is 380 g/mol. The Hall–Kier alpha value is -3.82. The topological polar surface area (TPSA) is 126 Å². The third-order valence-corrected chi connectivity index (χ3v) is 4.10. The molecule has 0 aliphatic rings. The predicted octanol–water partition coefficient (Wildman–Crippen LogP) is 3.20. The van der Waals surface area contributed by atoms with Crippen molar-refractivity contribution in [2.24, 2.45) is 0 Å². The van der Waals surface area contributed by atoms with Crippen LogP contribution in [0.5, 0.6) is 11.5 Å². The number of ether oxygens (including phenoxy) is 2. The van der Waals surface area contributed by atoms with Crippen LogP contribution in [0.2, 0.25) is 0 Å². The molecule has 4 rings (SSSR count). The van der Waals surface area contributed by atoms with Crippen LogP contribution < -0.4 is 20.1 Å². The number of methoxy groups -OCH3 is 2. The first-order chi connectivity index (χ1) is 13.6. The first-order valence-corrected chi connectivity index (χ1v) is 8.57. The van der Waals surface area contributed by atoms with E-state index in [0.717, 1.165) is 16.8 Å². The minimum Gasteiger partial charge on any atom is -0.493 e. The third-order valence-electron chi connectivity index (χ3n) is 4.10. The zero-order chi connectivity index (χ0) is 19.7. The van der Waals surface area contributed by atoms with Gasteiger partial charge in [0.05, 0.1) is 19.7 Å². The Kier molecular flexibility index (Phi) is 4.44. The summed E-state index contributed by atoms with van der Waals surface area (Å²) in [5.41, 5.74) is 2.54. The normalized spacial score (nSPS) is 10.9. The van der Waals surface area contributed by atoms with Crippen molar-refractivity contribution >= 4 is 34.3 Å². The first-order valence-electron chi connectivity index (χ1n) is 8.57. The van der Waals surface area contributed by atoms with Gasteiger partial charge in [0, 0.05) is 35.0 Å². The molecule has 0 atom stereocenters. The molecule has 0 saturated heterocycles. The summed E-state index contributed by atoms with van der Waals surface area (Å²) < 4.78 is 10.8. The van der Waals surface area contributed by atoms with Crippen LogP contribution in [0, 0.1) is 13.8 Å². The molecule has 3 aromatic heterocycles. The fraction of sp³-hybridized carbons (Fsp3) is 0.222.